The molecule has 0 aliphatic rings. The minimum absolute atomic E-state index is 0.386. The molecule has 4 heteroatoms. The Kier molecular flexibility index (Phi) is 4.39. The van der Waals surface area contributed by atoms with Crippen LogP contribution in [-0.2, 0) is 6.61 Å². The zero-order valence-corrected chi connectivity index (χ0v) is 12.0. The fourth-order valence-corrected chi connectivity index (χ4v) is 2.15. The molecule has 0 heterocycles. The average Bonchev–Trinajstić information content (AvgIpc) is 2.32. The summed E-state index contributed by atoms with van der Waals surface area (Å²) in [5.41, 5.74) is 1.92. The number of hydrogen-bond donors (Lipinski definition) is 0. The molecule has 0 spiro atoms. The predicted octanol–water partition coefficient (Wildman–Crippen LogP) is 5.53. The van der Waals surface area contributed by atoms with Crippen molar-refractivity contribution in [2.24, 2.45) is 0 Å². The summed E-state index contributed by atoms with van der Waals surface area (Å²) in [6.45, 7) is 2.35. The van der Waals surface area contributed by atoms with Gasteiger partial charge in [0.1, 0.15) is 12.4 Å². The largest absolute Gasteiger partial charge is 0.489 e. The van der Waals surface area contributed by atoms with Gasteiger partial charge in [-0.1, -0.05) is 46.9 Å². The molecule has 18 heavy (non-hydrogen) atoms. The van der Waals surface area contributed by atoms with Gasteiger partial charge in [0.25, 0.3) is 0 Å². The van der Waals surface area contributed by atoms with Gasteiger partial charge in [0.05, 0.1) is 0 Å². The maximum Gasteiger partial charge on any atom is 0.124 e. The van der Waals surface area contributed by atoms with E-state index in [1.54, 1.807) is 18.2 Å². The maximum atomic E-state index is 6.08. The summed E-state index contributed by atoms with van der Waals surface area (Å²) in [4.78, 5) is 0. The molecule has 2 aromatic carbocycles. The lowest BCUT2D eigenvalue weighted by Crippen LogP contribution is -1.97. The maximum absolute atomic E-state index is 6.08. The van der Waals surface area contributed by atoms with E-state index >= 15 is 0 Å². The number of halogens is 3. The van der Waals surface area contributed by atoms with E-state index in [2.05, 4.69) is 0 Å². The second-order valence-electron chi connectivity index (χ2n) is 3.93. The SMILES string of the molecule is Cc1ccc(Cl)cc1OCc1ccc(Cl)cc1Cl. The highest BCUT2D eigenvalue weighted by atomic mass is 35.5. The Hall–Kier alpha value is -0.890. The lowest BCUT2D eigenvalue weighted by atomic mass is 10.2. The molecular formula is C14H11Cl3O. The van der Waals surface area contributed by atoms with Gasteiger partial charge in [-0.25, -0.2) is 0 Å². The Morgan fingerprint density at radius 1 is 0.944 bits per heavy atom. The van der Waals surface area contributed by atoms with E-state index in [9.17, 15) is 0 Å². The van der Waals surface area contributed by atoms with Crippen LogP contribution in [0.1, 0.15) is 11.1 Å². The van der Waals surface area contributed by atoms with Crippen molar-refractivity contribution in [1.82, 2.24) is 0 Å². The van der Waals surface area contributed by atoms with E-state index in [-0.39, 0.29) is 0 Å². The third kappa shape index (κ3) is 3.32. The molecule has 94 valence electrons. The lowest BCUT2D eigenvalue weighted by molar-refractivity contribution is 0.304. The third-order valence-corrected chi connectivity index (χ3v) is 3.37. The van der Waals surface area contributed by atoms with Crippen molar-refractivity contribution >= 4 is 34.8 Å². The van der Waals surface area contributed by atoms with Gasteiger partial charge >= 0.3 is 0 Å². The van der Waals surface area contributed by atoms with Crippen molar-refractivity contribution in [2.45, 2.75) is 13.5 Å². The van der Waals surface area contributed by atoms with E-state index < -0.39 is 0 Å². The highest BCUT2D eigenvalue weighted by molar-refractivity contribution is 6.35. The Balaban J connectivity index is 2.13. The third-order valence-electron chi connectivity index (χ3n) is 2.55. The average molecular weight is 302 g/mol. The molecule has 2 rings (SSSR count). The molecule has 0 fully saturated rings. The minimum Gasteiger partial charge on any atom is -0.489 e. The van der Waals surface area contributed by atoms with Crippen molar-refractivity contribution in [3.05, 3.63) is 62.6 Å². The highest BCUT2D eigenvalue weighted by Gasteiger charge is 2.05. The molecule has 0 saturated carbocycles. The topological polar surface area (TPSA) is 9.23 Å². The normalized spacial score (nSPS) is 10.4. The van der Waals surface area contributed by atoms with Gasteiger partial charge in [-0.05, 0) is 36.8 Å². The van der Waals surface area contributed by atoms with E-state index in [0.29, 0.717) is 21.7 Å². The van der Waals surface area contributed by atoms with Crippen LogP contribution >= 0.6 is 34.8 Å². The van der Waals surface area contributed by atoms with Crippen LogP contribution in [0.4, 0.5) is 0 Å². The van der Waals surface area contributed by atoms with Crippen LogP contribution in [0.25, 0.3) is 0 Å². The summed E-state index contributed by atoms with van der Waals surface area (Å²) in [7, 11) is 0. The summed E-state index contributed by atoms with van der Waals surface area (Å²) in [5.74, 6) is 0.758. The summed E-state index contributed by atoms with van der Waals surface area (Å²) >= 11 is 17.8. The minimum atomic E-state index is 0.386. The molecular weight excluding hydrogens is 291 g/mol. The summed E-state index contributed by atoms with van der Waals surface area (Å²) in [5, 5.41) is 1.86. The zero-order chi connectivity index (χ0) is 13.1. The van der Waals surface area contributed by atoms with Crippen molar-refractivity contribution in [3.8, 4) is 5.75 Å². The Morgan fingerprint density at radius 2 is 1.61 bits per heavy atom. The zero-order valence-electron chi connectivity index (χ0n) is 9.71. The van der Waals surface area contributed by atoms with E-state index in [4.69, 9.17) is 39.5 Å². The van der Waals surface area contributed by atoms with Crippen LogP contribution in [0.5, 0.6) is 5.75 Å². The number of ether oxygens (including phenoxy) is 1. The van der Waals surface area contributed by atoms with Gasteiger partial charge in [0.15, 0.2) is 0 Å². The number of rotatable bonds is 3. The molecule has 0 radical (unpaired) electrons. The lowest BCUT2D eigenvalue weighted by Gasteiger charge is -2.10. The first-order chi connectivity index (χ1) is 8.56. The molecule has 0 aliphatic heterocycles. The van der Waals surface area contributed by atoms with Crippen LogP contribution in [-0.4, -0.2) is 0 Å². The Morgan fingerprint density at radius 3 is 2.33 bits per heavy atom. The quantitative estimate of drug-likeness (QED) is 0.724. The van der Waals surface area contributed by atoms with Gasteiger partial charge in [0, 0.05) is 20.6 Å². The Bertz CT molecular complexity index is 567. The van der Waals surface area contributed by atoms with E-state index in [0.717, 1.165) is 16.9 Å². The van der Waals surface area contributed by atoms with Crippen molar-refractivity contribution < 1.29 is 4.74 Å². The first kappa shape index (κ1) is 13.5. The van der Waals surface area contributed by atoms with Crippen molar-refractivity contribution in [2.75, 3.05) is 0 Å². The fourth-order valence-electron chi connectivity index (χ4n) is 1.52. The first-order valence-corrected chi connectivity index (χ1v) is 6.52. The van der Waals surface area contributed by atoms with Crippen molar-refractivity contribution in [3.63, 3.8) is 0 Å². The molecule has 0 bridgehead atoms. The highest BCUT2D eigenvalue weighted by Crippen LogP contribution is 2.26. The van der Waals surface area contributed by atoms with Crippen LogP contribution in [0, 0.1) is 6.92 Å². The number of aryl methyl sites for hydroxylation is 1. The van der Waals surface area contributed by atoms with Gasteiger partial charge in [0.2, 0.25) is 0 Å². The molecule has 0 aromatic heterocycles. The summed E-state index contributed by atoms with van der Waals surface area (Å²) < 4.78 is 5.71. The molecule has 0 unspecified atom stereocenters. The number of hydrogen-bond acceptors (Lipinski definition) is 1. The van der Waals surface area contributed by atoms with Crippen LogP contribution in [0.15, 0.2) is 36.4 Å². The summed E-state index contributed by atoms with van der Waals surface area (Å²) in [6.07, 6.45) is 0. The van der Waals surface area contributed by atoms with E-state index in [1.165, 1.54) is 0 Å². The molecule has 0 aliphatic carbocycles. The standard InChI is InChI=1S/C14H11Cl3O/c1-9-2-4-12(16)7-14(9)18-8-10-3-5-11(15)6-13(10)17/h2-7H,8H2,1H3. The molecule has 1 nitrogen and oxygen atoms in total. The predicted molar refractivity (Wildman–Crippen MR) is 77.0 cm³/mol. The van der Waals surface area contributed by atoms with Crippen LogP contribution in [0.3, 0.4) is 0 Å². The van der Waals surface area contributed by atoms with Crippen molar-refractivity contribution in [1.29, 1.82) is 0 Å². The number of benzene rings is 2. The fraction of sp³-hybridized carbons (Fsp3) is 0.143. The molecule has 2 aromatic rings. The van der Waals surface area contributed by atoms with Gasteiger partial charge in [-0.2, -0.15) is 0 Å². The molecule has 0 saturated heterocycles. The van der Waals surface area contributed by atoms with Crippen LogP contribution in [0.2, 0.25) is 15.1 Å². The first-order valence-electron chi connectivity index (χ1n) is 5.39. The van der Waals surface area contributed by atoms with Gasteiger partial charge in [-0.3, -0.25) is 0 Å². The van der Waals surface area contributed by atoms with Gasteiger partial charge in [-0.15, -0.1) is 0 Å². The summed E-state index contributed by atoms with van der Waals surface area (Å²) in [6, 6.07) is 10.9. The second kappa shape index (κ2) is 5.83. The molecule has 0 N–H and O–H groups in total. The van der Waals surface area contributed by atoms with Crippen LogP contribution < -0.4 is 4.74 Å². The second-order valence-corrected chi connectivity index (χ2v) is 5.21. The van der Waals surface area contributed by atoms with Gasteiger partial charge < -0.3 is 4.74 Å². The Labute approximate surface area is 121 Å². The monoisotopic (exact) mass is 300 g/mol. The molecule has 0 amide bonds. The smallest absolute Gasteiger partial charge is 0.124 e. The molecule has 0 atom stereocenters. The van der Waals surface area contributed by atoms with E-state index in [1.807, 2.05) is 25.1 Å².